The van der Waals surface area contributed by atoms with Gasteiger partial charge in [-0.25, -0.2) is 0 Å². The van der Waals surface area contributed by atoms with E-state index in [4.69, 9.17) is 12.2 Å². The van der Waals surface area contributed by atoms with E-state index in [2.05, 4.69) is 21.5 Å². The van der Waals surface area contributed by atoms with Crippen molar-refractivity contribution in [3.63, 3.8) is 0 Å². The van der Waals surface area contributed by atoms with Gasteiger partial charge in [0.1, 0.15) is 0 Å². The fourth-order valence-electron chi connectivity index (χ4n) is 2.46. The van der Waals surface area contributed by atoms with E-state index in [0.717, 1.165) is 5.56 Å². The molecular weight excluding hydrogens is 388 g/mol. The summed E-state index contributed by atoms with van der Waals surface area (Å²) in [6, 6.07) is 13.7. The molecule has 3 amide bonds. The summed E-state index contributed by atoms with van der Waals surface area (Å²) in [4.78, 5) is 36.1. The normalized spacial score (nSPS) is 10.2. The number of carbonyl (C=O) groups is 3. The molecule has 0 radical (unpaired) electrons. The molecule has 7 nitrogen and oxygen atoms in total. The molecule has 0 aliphatic carbocycles. The molecule has 8 heteroatoms. The van der Waals surface area contributed by atoms with Gasteiger partial charge in [0.05, 0.1) is 0 Å². The lowest BCUT2D eigenvalue weighted by atomic mass is 10.1. The number of amides is 3. The van der Waals surface area contributed by atoms with Crippen LogP contribution in [0.5, 0.6) is 0 Å². The number of hydrazine groups is 1. The fourth-order valence-corrected chi connectivity index (χ4v) is 2.62. The van der Waals surface area contributed by atoms with Gasteiger partial charge in [0.15, 0.2) is 5.11 Å². The molecule has 2 aromatic rings. The Bertz CT molecular complexity index is 910. The molecule has 0 heterocycles. The number of rotatable bonds is 5. The Morgan fingerprint density at radius 3 is 2.24 bits per heavy atom. The van der Waals surface area contributed by atoms with Crippen molar-refractivity contribution in [2.75, 3.05) is 5.32 Å². The molecule has 0 atom stereocenters. The standard InChI is InChI=1S/C21H24N4O3S/c1-13(2)11-18(26)23-21(29)25-24-20(28)15-7-9-17(10-8-15)22-19(27)16-6-4-5-14(3)12-16/h4-10,12-13H,11H2,1-3H3,(H,22,27)(H,24,28)(H2,23,25,26,29). The van der Waals surface area contributed by atoms with Crippen molar-refractivity contribution in [3.05, 3.63) is 65.2 Å². The van der Waals surface area contributed by atoms with Crippen molar-refractivity contribution >= 4 is 40.7 Å². The van der Waals surface area contributed by atoms with Gasteiger partial charge in [-0.1, -0.05) is 31.5 Å². The van der Waals surface area contributed by atoms with Crippen LogP contribution in [-0.4, -0.2) is 22.8 Å². The molecule has 29 heavy (non-hydrogen) atoms. The summed E-state index contributed by atoms with van der Waals surface area (Å²) >= 11 is 4.97. The summed E-state index contributed by atoms with van der Waals surface area (Å²) < 4.78 is 0. The number of nitrogens with one attached hydrogen (secondary N) is 4. The highest BCUT2D eigenvalue weighted by Crippen LogP contribution is 2.12. The minimum absolute atomic E-state index is 0.0195. The SMILES string of the molecule is Cc1cccc(C(=O)Nc2ccc(C(=O)NNC(=S)NC(=O)CC(C)C)cc2)c1. The number of carbonyl (C=O) groups excluding carboxylic acids is 3. The first-order valence-electron chi connectivity index (χ1n) is 9.13. The van der Waals surface area contributed by atoms with Gasteiger partial charge < -0.3 is 10.6 Å². The monoisotopic (exact) mass is 412 g/mol. The molecule has 2 aromatic carbocycles. The number of anilines is 1. The number of hydrogen-bond donors (Lipinski definition) is 4. The molecule has 0 unspecified atom stereocenters. The third-order valence-electron chi connectivity index (χ3n) is 3.82. The Morgan fingerprint density at radius 2 is 1.62 bits per heavy atom. The third kappa shape index (κ3) is 7.34. The lowest BCUT2D eigenvalue weighted by molar-refractivity contribution is -0.120. The second kappa shape index (κ2) is 10.3. The van der Waals surface area contributed by atoms with Gasteiger partial charge in [0.2, 0.25) is 5.91 Å². The van der Waals surface area contributed by atoms with Gasteiger partial charge in [0.25, 0.3) is 11.8 Å². The predicted octanol–water partition coefficient (Wildman–Crippen LogP) is 2.93. The average Bonchev–Trinajstić information content (AvgIpc) is 2.66. The van der Waals surface area contributed by atoms with E-state index in [1.807, 2.05) is 32.9 Å². The van der Waals surface area contributed by atoms with Crippen LogP contribution in [-0.2, 0) is 4.79 Å². The summed E-state index contributed by atoms with van der Waals surface area (Å²) in [5.41, 5.74) is 7.39. The largest absolute Gasteiger partial charge is 0.322 e. The van der Waals surface area contributed by atoms with E-state index in [9.17, 15) is 14.4 Å². The van der Waals surface area contributed by atoms with E-state index in [-0.39, 0.29) is 22.8 Å². The second-order valence-corrected chi connectivity index (χ2v) is 7.36. The second-order valence-electron chi connectivity index (χ2n) is 6.96. The van der Waals surface area contributed by atoms with Gasteiger partial charge >= 0.3 is 0 Å². The molecule has 4 N–H and O–H groups in total. The molecule has 0 spiro atoms. The van der Waals surface area contributed by atoms with Crippen molar-refractivity contribution in [1.29, 1.82) is 0 Å². The summed E-state index contributed by atoms with van der Waals surface area (Å²) in [5.74, 6) is -0.671. The number of aryl methyl sites for hydroxylation is 1. The summed E-state index contributed by atoms with van der Waals surface area (Å²) in [6.07, 6.45) is 0.339. The topological polar surface area (TPSA) is 99.3 Å². The van der Waals surface area contributed by atoms with Crippen LogP contribution in [0.25, 0.3) is 0 Å². The molecule has 0 aromatic heterocycles. The van der Waals surface area contributed by atoms with Gasteiger partial charge in [-0.2, -0.15) is 0 Å². The Hall–Kier alpha value is -3.26. The molecule has 0 saturated heterocycles. The van der Waals surface area contributed by atoms with Crippen LogP contribution < -0.4 is 21.5 Å². The van der Waals surface area contributed by atoms with Crippen LogP contribution in [0.1, 0.15) is 46.5 Å². The zero-order valence-corrected chi connectivity index (χ0v) is 17.4. The maximum absolute atomic E-state index is 12.3. The lowest BCUT2D eigenvalue weighted by Gasteiger charge is -2.12. The van der Waals surface area contributed by atoms with E-state index < -0.39 is 5.91 Å². The summed E-state index contributed by atoms with van der Waals surface area (Å²) in [5, 5.41) is 5.29. The maximum Gasteiger partial charge on any atom is 0.269 e. The van der Waals surface area contributed by atoms with Crippen molar-refractivity contribution in [2.24, 2.45) is 5.92 Å². The predicted molar refractivity (Wildman–Crippen MR) is 116 cm³/mol. The highest BCUT2D eigenvalue weighted by atomic mass is 32.1. The first kappa shape index (κ1) is 22.0. The molecule has 0 fully saturated rings. The fraction of sp³-hybridized carbons (Fsp3) is 0.238. The highest BCUT2D eigenvalue weighted by molar-refractivity contribution is 7.80. The Kier molecular flexibility index (Phi) is 7.85. The minimum Gasteiger partial charge on any atom is -0.322 e. The Labute approximate surface area is 175 Å². The molecule has 0 aliphatic rings. The zero-order chi connectivity index (χ0) is 21.4. The van der Waals surface area contributed by atoms with Crippen LogP contribution in [0.3, 0.4) is 0 Å². The van der Waals surface area contributed by atoms with E-state index in [1.54, 1.807) is 36.4 Å². The van der Waals surface area contributed by atoms with Crippen molar-refractivity contribution in [1.82, 2.24) is 16.2 Å². The first-order chi connectivity index (χ1) is 13.7. The molecule has 0 bridgehead atoms. The third-order valence-corrected chi connectivity index (χ3v) is 4.03. The van der Waals surface area contributed by atoms with Crippen LogP contribution in [0, 0.1) is 12.8 Å². The molecule has 2 rings (SSSR count). The van der Waals surface area contributed by atoms with Gasteiger partial charge in [-0.05, 0) is 61.5 Å². The summed E-state index contributed by atoms with van der Waals surface area (Å²) in [7, 11) is 0. The number of hydrogen-bond acceptors (Lipinski definition) is 4. The average molecular weight is 413 g/mol. The van der Waals surface area contributed by atoms with E-state index in [1.165, 1.54) is 0 Å². The number of thiocarbonyl (C=S) groups is 1. The van der Waals surface area contributed by atoms with Crippen LogP contribution in [0.2, 0.25) is 0 Å². The Balaban J connectivity index is 1.86. The van der Waals surface area contributed by atoms with E-state index in [0.29, 0.717) is 23.2 Å². The number of benzene rings is 2. The summed E-state index contributed by atoms with van der Waals surface area (Å²) in [6.45, 7) is 5.76. The van der Waals surface area contributed by atoms with E-state index >= 15 is 0 Å². The van der Waals surface area contributed by atoms with Crippen molar-refractivity contribution in [3.8, 4) is 0 Å². The minimum atomic E-state index is -0.429. The quantitative estimate of drug-likeness (QED) is 0.447. The molecule has 0 saturated carbocycles. The molecule has 0 aliphatic heterocycles. The van der Waals surface area contributed by atoms with Crippen molar-refractivity contribution < 1.29 is 14.4 Å². The van der Waals surface area contributed by atoms with Crippen LogP contribution in [0.15, 0.2) is 48.5 Å². The molecular formula is C21H24N4O3S. The van der Waals surface area contributed by atoms with Crippen molar-refractivity contribution in [2.45, 2.75) is 27.2 Å². The van der Waals surface area contributed by atoms with Crippen LogP contribution in [0.4, 0.5) is 5.69 Å². The lowest BCUT2D eigenvalue weighted by Crippen LogP contribution is -2.48. The van der Waals surface area contributed by atoms with Crippen LogP contribution >= 0.6 is 12.2 Å². The smallest absolute Gasteiger partial charge is 0.269 e. The Morgan fingerprint density at radius 1 is 0.931 bits per heavy atom. The first-order valence-corrected chi connectivity index (χ1v) is 9.53. The van der Waals surface area contributed by atoms with Gasteiger partial charge in [-0.3, -0.25) is 25.2 Å². The highest BCUT2D eigenvalue weighted by Gasteiger charge is 2.10. The van der Waals surface area contributed by atoms with Gasteiger partial charge in [-0.15, -0.1) is 0 Å². The zero-order valence-electron chi connectivity index (χ0n) is 16.5. The molecule has 152 valence electrons. The maximum atomic E-state index is 12.3. The van der Waals surface area contributed by atoms with Gasteiger partial charge in [0, 0.05) is 23.2 Å².